The number of aromatic nitrogens is 1. The summed E-state index contributed by atoms with van der Waals surface area (Å²) in [6.07, 6.45) is 1.03. The van der Waals surface area contributed by atoms with Crippen LogP contribution in [0.5, 0.6) is 5.75 Å². The number of nitrogens with one attached hydrogen (secondary N) is 1. The summed E-state index contributed by atoms with van der Waals surface area (Å²) in [6.45, 7) is 7.07. The van der Waals surface area contributed by atoms with Gasteiger partial charge >= 0.3 is 0 Å². The van der Waals surface area contributed by atoms with Crippen molar-refractivity contribution in [3.8, 4) is 5.75 Å². The highest BCUT2D eigenvalue weighted by molar-refractivity contribution is 7.22. The van der Waals surface area contributed by atoms with Crippen molar-refractivity contribution in [1.29, 1.82) is 0 Å². The molecular weight excluding hydrogens is 232 g/mol. The smallest absolute Gasteiger partial charge is 0.183 e. The molecule has 0 aliphatic carbocycles. The number of hydrogen-bond donors (Lipinski definition) is 1. The fourth-order valence-corrected chi connectivity index (χ4v) is 2.78. The molecule has 92 valence electrons. The molecule has 0 saturated carbocycles. The minimum atomic E-state index is 0.767. The molecule has 2 aromatic rings. The second-order valence-electron chi connectivity index (χ2n) is 4.11. The zero-order valence-corrected chi connectivity index (χ0v) is 11.6. The fourth-order valence-electron chi connectivity index (χ4n) is 1.80. The maximum Gasteiger partial charge on any atom is 0.183 e. The third-order valence-corrected chi connectivity index (χ3v) is 3.93. The van der Waals surface area contributed by atoms with Gasteiger partial charge in [-0.2, -0.15) is 0 Å². The quantitative estimate of drug-likeness (QED) is 0.897. The Hall–Kier alpha value is -1.29. The largest absolute Gasteiger partial charge is 0.493 e. The Kier molecular flexibility index (Phi) is 3.52. The van der Waals surface area contributed by atoms with Gasteiger partial charge in [-0.25, -0.2) is 4.98 Å². The number of anilines is 1. The van der Waals surface area contributed by atoms with Crippen molar-refractivity contribution in [2.24, 2.45) is 0 Å². The van der Waals surface area contributed by atoms with Crippen LogP contribution in [0.25, 0.3) is 10.2 Å². The van der Waals surface area contributed by atoms with Crippen LogP contribution >= 0.6 is 11.3 Å². The van der Waals surface area contributed by atoms with E-state index in [2.05, 4.69) is 37.1 Å². The van der Waals surface area contributed by atoms with Gasteiger partial charge in [0.2, 0.25) is 0 Å². The van der Waals surface area contributed by atoms with E-state index in [1.54, 1.807) is 11.3 Å². The van der Waals surface area contributed by atoms with Crippen LogP contribution in [0.2, 0.25) is 0 Å². The van der Waals surface area contributed by atoms with Crippen LogP contribution in [0, 0.1) is 13.8 Å². The van der Waals surface area contributed by atoms with E-state index in [0.29, 0.717) is 0 Å². The monoisotopic (exact) mass is 250 g/mol. The Balaban J connectivity index is 2.53. The van der Waals surface area contributed by atoms with Gasteiger partial charge in [0.25, 0.3) is 0 Å². The third-order valence-electron chi connectivity index (χ3n) is 2.73. The predicted molar refractivity (Wildman–Crippen MR) is 74.4 cm³/mol. The Morgan fingerprint density at radius 1 is 1.41 bits per heavy atom. The van der Waals surface area contributed by atoms with Crippen LogP contribution in [0.4, 0.5) is 5.13 Å². The van der Waals surface area contributed by atoms with Gasteiger partial charge in [0.1, 0.15) is 5.75 Å². The summed E-state index contributed by atoms with van der Waals surface area (Å²) in [5.74, 6) is 0.989. The Morgan fingerprint density at radius 3 is 2.82 bits per heavy atom. The topological polar surface area (TPSA) is 34.1 Å². The van der Waals surface area contributed by atoms with Gasteiger partial charge in [-0.15, -0.1) is 0 Å². The molecule has 0 bridgehead atoms. The van der Waals surface area contributed by atoms with Crippen LogP contribution in [0.3, 0.4) is 0 Å². The van der Waals surface area contributed by atoms with Crippen molar-refractivity contribution in [2.75, 3.05) is 19.0 Å². The first-order valence-corrected chi connectivity index (χ1v) is 6.70. The number of rotatable bonds is 4. The molecule has 0 atom stereocenters. The fraction of sp³-hybridized carbons (Fsp3) is 0.462. The van der Waals surface area contributed by atoms with Gasteiger partial charge < -0.3 is 10.1 Å². The Bertz CT molecular complexity index is 534. The summed E-state index contributed by atoms with van der Waals surface area (Å²) in [5.41, 5.74) is 3.45. The van der Waals surface area contributed by atoms with Crippen LogP contribution in [0.1, 0.15) is 24.5 Å². The molecule has 0 aliphatic heterocycles. The Morgan fingerprint density at radius 2 is 2.18 bits per heavy atom. The van der Waals surface area contributed by atoms with Crippen molar-refractivity contribution < 1.29 is 4.74 Å². The van der Waals surface area contributed by atoms with Gasteiger partial charge in [0, 0.05) is 12.6 Å². The normalized spacial score (nSPS) is 10.8. The molecule has 0 amide bonds. The summed E-state index contributed by atoms with van der Waals surface area (Å²) < 4.78 is 7.00. The van der Waals surface area contributed by atoms with E-state index in [9.17, 15) is 0 Å². The first-order valence-electron chi connectivity index (χ1n) is 5.88. The SMILES string of the molecule is CCCOc1cc(C)c2nc(NC)sc2c1C. The van der Waals surface area contributed by atoms with Crippen molar-refractivity contribution in [2.45, 2.75) is 27.2 Å². The molecule has 0 spiro atoms. The van der Waals surface area contributed by atoms with Gasteiger partial charge in [-0.3, -0.25) is 0 Å². The number of benzene rings is 1. The second kappa shape index (κ2) is 4.92. The minimum absolute atomic E-state index is 0.767. The first kappa shape index (κ1) is 12.2. The molecule has 17 heavy (non-hydrogen) atoms. The van der Waals surface area contributed by atoms with E-state index >= 15 is 0 Å². The summed E-state index contributed by atoms with van der Waals surface area (Å²) in [7, 11) is 1.90. The maximum atomic E-state index is 5.78. The summed E-state index contributed by atoms with van der Waals surface area (Å²) in [6, 6.07) is 2.09. The van der Waals surface area contributed by atoms with E-state index in [1.165, 1.54) is 15.8 Å². The standard InChI is InChI=1S/C13H18N2OS/c1-5-6-16-10-7-8(2)11-12(9(10)3)17-13(14-4)15-11/h7H,5-6H2,1-4H3,(H,14,15). The number of thiazole rings is 1. The van der Waals surface area contributed by atoms with Crippen LogP contribution < -0.4 is 10.1 Å². The van der Waals surface area contributed by atoms with Crippen molar-refractivity contribution in [3.63, 3.8) is 0 Å². The Labute approximate surface area is 106 Å². The van der Waals surface area contributed by atoms with Gasteiger partial charge in [-0.05, 0) is 31.9 Å². The predicted octanol–water partition coefficient (Wildman–Crippen LogP) is 3.74. The highest BCUT2D eigenvalue weighted by atomic mass is 32.1. The van der Waals surface area contributed by atoms with Crippen LogP contribution in [-0.2, 0) is 0 Å². The van der Waals surface area contributed by atoms with E-state index < -0.39 is 0 Å². The zero-order valence-electron chi connectivity index (χ0n) is 10.8. The molecule has 0 aliphatic rings. The summed E-state index contributed by atoms with van der Waals surface area (Å²) in [5, 5.41) is 4.06. The van der Waals surface area contributed by atoms with Gasteiger partial charge in [0.15, 0.2) is 5.13 Å². The van der Waals surface area contributed by atoms with Crippen LogP contribution in [0.15, 0.2) is 6.07 Å². The van der Waals surface area contributed by atoms with Gasteiger partial charge in [0.05, 0.1) is 16.8 Å². The molecule has 0 unspecified atom stereocenters. The zero-order chi connectivity index (χ0) is 12.4. The molecule has 0 fully saturated rings. The van der Waals surface area contributed by atoms with Crippen molar-refractivity contribution >= 4 is 26.7 Å². The molecular formula is C13H18N2OS. The average Bonchev–Trinajstić information content (AvgIpc) is 2.77. The first-order chi connectivity index (χ1) is 8.17. The second-order valence-corrected chi connectivity index (χ2v) is 5.11. The van der Waals surface area contributed by atoms with E-state index in [-0.39, 0.29) is 0 Å². The maximum absolute atomic E-state index is 5.78. The number of aryl methyl sites for hydroxylation is 2. The van der Waals surface area contributed by atoms with E-state index in [4.69, 9.17) is 4.74 Å². The highest BCUT2D eigenvalue weighted by Crippen LogP contribution is 2.35. The van der Waals surface area contributed by atoms with Crippen molar-refractivity contribution in [3.05, 3.63) is 17.2 Å². The lowest BCUT2D eigenvalue weighted by molar-refractivity contribution is 0.316. The van der Waals surface area contributed by atoms with Crippen LogP contribution in [-0.4, -0.2) is 18.6 Å². The highest BCUT2D eigenvalue weighted by Gasteiger charge is 2.12. The van der Waals surface area contributed by atoms with Gasteiger partial charge in [-0.1, -0.05) is 18.3 Å². The third kappa shape index (κ3) is 2.22. The molecule has 1 aromatic heterocycles. The number of fused-ring (bicyclic) bond motifs is 1. The molecule has 0 saturated heterocycles. The molecule has 4 heteroatoms. The molecule has 0 radical (unpaired) electrons. The summed E-state index contributed by atoms with van der Waals surface area (Å²) in [4.78, 5) is 4.56. The molecule has 1 heterocycles. The lowest BCUT2D eigenvalue weighted by Crippen LogP contribution is -1.97. The number of nitrogens with zero attached hydrogens (tertiary/aromatic N) is 1. The molecule has 2 rings (SSSR count). The lowest BCUT2D eigenvalue weighted by atomic mass is 10.1. The average molecular weight is 250 g/mol. The van der Waals surface area contributed by atoms with E-state index in [1.807, 2.05) is 7.05 Å². The number of ether oxygens (including phenoxy) is 1. The molecule has 3 nitrogen and oxygen atoms in total. The van der Waals surface area contributed by atoms with Crippen molar-refractivity contribution in [1.82, 2.24) is 4.98 Å². The minimum Gasteiger partial charge on any atom is -0.493 e. The molecule has 1 aromatic carbocycles. The number of hydrogen-bond acceptors (Lipinski definition) is 4. The van der Waals surface area contributed by atoms with E-state index in [0.717, 1.165) is 29.4 Å². The summed E-state index contributed by atoms with van der Waals surface area (Å²) >= 11 is 1.68. The molecule has 1 N–H and O–H groups in total. The lowest BCUT2D eigenvalue weighted by Gasteiger charge is -2.09.